The molecule has 3 N–H and O–H groups in total. The van der Waals surface area contributed by atoms with Gasteiger partial charge in [0.2, 0.25) is 0 Å². The lowest BCUT2D eigenvalue weighted by atomic mass is 10.3. The summed E-state index contributed by atoms with van der Waals surface area (Å²) in [5, 5.41) is 11.7. The van der Waals surface area contributed by atoms with Crippen LogP contribution in [0.25, 0.3) is 0 Å². The minimum Gasteiger partial charge on any atom is -0.396 e. The van der Waals surface area contributed by atoms with Crippen LogP contribution in [0.3, 0.4) is 0 Å². The first-order valence-electron chi connectivity index (χ1n) is 4.99. The molecule has 2 rings (SSSR count). The van der Waals surface area contributed by atoms with Gasteiger partial charge in [0.25, 0.3) is 0 Å². The van der Waals surface area contributed by atoms with Crippen LogP contribution in [0.2, 0.25) is 5.02 Å². The summed E-state index contributed by atoms with van der Waals surface area (Å²) in [6.07, 6.45) is 0. The van der Waals surface area contributed by atoms with Crippen LogP contribution in [0.4, 0.5) is 21.6 Å². The van der Waals surface area contributed by atoms with Crippen molar-refractivity contribution in [2.75, 3.05) is 11.1 Å². The van der Waals surface area contributed by atoms with Crippen molar-refractivity contribution >= 4 is 28.8 Å². The van der Waals surface area contributed by atoms with Crippen LogP contribution in [-0.2, 0) is 0 Å². The molecule has 0 amide bonds. The highest BCUT2D eigenvalue weighted by atomic mass is 35.5. The minimum atomic E-state index is -0.500. The topological polar surface area (TPSA) is 74.7 Å². The smallest absolute Gasteiger partial charge is 0.165 e. The van der Waals surface area contributed by atoms with Gasteiger partial charge in [0.05, 0.1) is 16.4 Å². The highest BCUT2D eigenvalue weighted by molar-refractivity contribution is 6.33. The maximum absolute atomic E-state index is 13.5. The molecule has 0 aliphatic rings. The number of hydrogen-bond donors (Lipinski definition) is 2. The molecule has 0 radical (unpaired) electrons. The van der Waals surface area contributed by atoms with Gasteiger partial charge in [-0.25, -0.2) is 9.37 Å². The summed E-state index contributed by atoms with van der Waals surface area (Å²) in [7, 11) is 0. The number of pyridine rings is 1. The molecule has 0 aliphatic heterocycles. The second kappa shape index (κ2) is 4.90. The Morgan fingerprint density at radius 1 is 1.33 bits per heavy atom. The van der Waals surface area contributed by atoms with Crippen LogP contribution in [-0.4, -0.2) is 4.98 Å². The monoisotopic (exact) mass is 262 g/mol. The lowest BCUT2D eigenvalue weighted by Crippen LogP contribution is -2.00. The second-order valence-corrected chi connectivity index (χ2v) is 3.87. The predicted molar refractivity (Wildman–Crippen MR) is 68.1 cm³/mol. The Morgan fingerprint density at radius 2 is 2.11 bits per heavy atom. The van der Waals surface area contributed by atoms with Crippen molar-refractivity contribution in [1.82, 2.24) is 4.98 Å². The van der Waals surface area contributed by atoms with E-state index in [0.29, 0.717) is 5.82 Å². The number of halogens is 2. The number of benzene rings is 1. The zero-order valence-electron chi connectivity index (χ0n) is 9.11. The lowest BCUT2D eigenvalue weighted by Gasteiger charge is -2.09. The molecule has 0 saturated heterocycles. The van der Waals surface area contributed by atoms with E-state index in [-0.39, 0.29) is 22.1 Å². The third-order valence-corrected chi connectivity index (χ3v) is 2.56. The van der Waals surface area contributed by atoms with Gasteiger partial charge in [-0.05, 0) is 24.3 Å². The quantitative estimate of drug-likeness (QED) is 0.872. The zero-order chi connectivity index (χ0) is 13.1. The maximum Gasteiger partial charge on any atom is 0.165 e. The number of nitrogen functional groups attached to an aromatic ring is 1. The number of anilines is 3. The van der Waals surface area contributed by atoms with Crippen LogP contribution >= 0.6 is 11.6 Å². The molecular weight excluding hydrogens is 255 g/mol. The van der Waals surface area contributed by atoms with Crippen molar-refractivity contribution in [2.45, 2.75) is 0 Å². The summed E-state index contributed by atoms with van der Waals surface area (Å²) < 4.78 is 13.5. The van der Waals surface area contributed by atoms with E-state index in [4.69, 9.17) is 22.6 Å². The largest absolute Gasteiger partial charge is 0.396 e. The SMILES string of the molecule is N#Cc1nc(Nc2c(F)cccc2Cl)ccc1N. The average molecular weight is 263 g/mol. The average Bonchev–Trinajstić information content (AvgIpc) is 2.36. The van der Waals surface area contributed by atoms with Crippen molar-refractivity contribution < 1.29 is 4.39 Å². The molecule has 1 aromatic heterocycles. The summed E-state index contributed by atoms with van der Waals surface area (Å²) in [6, 6.07) is 9.23. The summed E-state index contributed by atoms with van der Waals surface area (Å²) in [4.78, 5) is 3.95. The summed E-state index contributed by atoms with van der Waals surface area (Å²) in [5.41, 5.74) is 5.99. The van der Waals surface area contributed by atoms with Gasteiger partial charge in [0.15, 0.2) is 5.69 Å². The third kappa shape index (κ3) is 2.34. The van der Waals surface area contributed by atoms with Gasteiger partial charge >= 0.3 is 0 Å². The molecule has 90 valence electrons. The maximum atomic E-state index is 13.5. The van der Waals surface area contributed by atoms with Gasteiger partial charge in [-0.2, -0.15) is 5.26 Å². The van der Waals surface area contributed by atoms with Crippen LogP contribution in [0, 0.1) is 17.1 Å². The Morgan fingerprint density at radius 3 is 2.78 bits per heavy atom. The zero-order valence-corrected chi connectivity index (χ0v) is 9.87. The lowest BCUT2D eigenvalue weighted by molar-refractivity contribution is 0.632. The van der Waals surface area contributed by atoms with E-state index >= 15 is 0 Å². The minimum absolute atomic E-state index is 0.0764. The highest BCUT2D eigenvalue weighted by Gasteiger charge is 2.09. The molecule has 0 atom stereocenters. The standard InChI is InChI=1S/C12H8ClFN4/c13-7-2-1-3-8(14)12(7)18-11-5-4-9(16)10(6-15)17-11/h1-5H,16H2,(H,17,18). The molecule has 0 aliphatic carbocycles. The van der Waals surface area contributed by atoms with Crippen LogP contribution in [0.15, 0.2) is 30.3 Å². The molecule has 1 heterocycles. The number of nitrogens with two attached hydrogens (primary N) is 1. The first kappa shape index (κ1) is 12.1. The van der Waals surface area contributed by atoms with Crippen molar-refractivity contribution in [1.29, 1.82) is 5.26 Å². The van der Waals surface area contributed by atoms with Crippen molar-refractivity contribution in [3.8, 4) is 6.07 Å². The third-order valence-electron chi connectivity index (χ3n) is 2.25. The van der Waals surface area contributed by atoms with E-state index in [0.717, 1.165) is 0 Å². The van der Waals surface area contributed by atoms with Gasteiger partial charge < -0.3 is 11.1 Å². The molecule has 6 heteroatoms. The number of hydrogen-bond acceptors (Lipinski definition) is 4. The number of nitriles is 1. The molecule has 4 nitrogen and oxygen atoms in total. The Kier molecular flexibility index (Phi) is 3.31. The molecule has 0 spiro atoms. The van der Waals surface area contributed by atoms with Gasteiger partial charge in [0.1, 0.15) is 17.7 Å². The predicted octanol–water partition coefficient (Wildman–Crippen LogP) is 3.07. The van der Waals surface area contributed by atoms with Gasteiger partial charge in [-0.15, -0.1) is 0 Å². The fraction of sp³-hybridized carbons (Fsp3) is 0. The van der Waals surface area contributed by atoms with Crippen molar-refractivity contribution in [3.05, 3.63) is 46.9 Å². The number of para-hydroxylation sites is 1. The fourth-order valence-corrected chi connectivity index (χ4v) is 1.58. The van der Waals surface area contributed by atoms with Crippen LogP contribution < -0.4 is 11.1 Å². The van der Waals surface area contributed by atoms with E-state index in [1.54, 1.807) is 12.1 Å². The van der Waals surface area contributed by atoms with E-state index < -0.39 is 5.82 Å². The van der Waals surface area contributed by atoms with Crippen LogP contribution in [0.5, 0.6) is 0 Å². The van der Waals surface area contributed by atoms with E-state index in [1.165, 1.54) is 18.2 Å². The summed E-state index contributed by atoms with van der Waals surface area (Å²) >= 11 is 5.86. The molecule has 18 heavy (non-hydrogen) atoms. The normalized spacial score (nSPS) is 9.83. The molecular formula is C12H8ClFN4. The Hall–Kier alpha value is -2.32. The van der Waals surface area contributed by atoms with Crippen molar-refractivity contribution in [2.24, 2.45) is 0 Å². The number of aromatic nitrogens is 1. The van der Waals surface area contributed by atoms with Crippen LogP contribution in [0.1, 0.15) is 5.69 Å². The molecule has 0 bridgehead atoms. The second-order valence-electron chi connectivity index (χ2n) is 3.47. The molecule has 0 unspecified atom stereocenters. The molecule has 0 saturated carbocycles. The Bertz CT molecular complexity index is 616. The van der Waals surface area contributed by atoms with Gasteiger partial charge in [-0.1, -0.05) is 17.7 Å². The molecule has 0 fully saturated rings. The Balaban J connectivity index is 2.38. The van der Waals surface area contributed by atoms with Gasteiger partial charge in [-0.3, -0.25) is 0 Å². The Labute approximate surface area is 108 Å². The summed E-state index contributed by atoms with van der Waals surface area (Å²) in [5.74, 6) is -0.201. The molecule has 1 aromatic carbocycles. The number of nitrogens with one attached hydrogen (secondary N) is 1. The van der Waals surface area contributed by atoms with Gasteiger partial charge in [0, 0.05) is 0 Å². The summed E-state index contributed by atoms with van der Waals surface area (Å²) in [6.45, 7) is 0. The number of rotatable bonds is 2. The highest BCUT2D eigenvalue weighted by Crippen LogP contribution is 2.27. The first-order valence-corrected chi connectivity index (χ1v) is 5.37. The van der Waals surface area contributed by atoms with Crippen molar-refractivity contribution in [3.63, 3.8) is 0 Å². The fourth-order valence-electron chi connectivity index (χ4n) is 1.37. The van der Waals surface area contributed by atoms with E-state index in [2.05, 4.69) is 10.3 Å². The van der Waals surface area contributed by atoms with E-state index in [1.807, 2.05) is 6.07 Å². The first-order chi connectivity index (χ1) is 8.61. The number of nitrogens with zero attached hydrogens (tertiary/aromatic N) is 2. The van der Waals surface area contributed by atoms with E-state index in [9.17, 15) is 4.39 Å². The molecule has 2 aromatic rings.